The zero-order chi connectivity index (χ0) is 27.0. The molecule has 1 saturated heterocycles. The normalized spacial score (nSPS) is 18.2. The van der Waals surface area contributed by atoms with Gasteiger partial charge in [-0.15, -0.1) is 0 Å². The standard InChI is InChI=1S/C29H37Cl2N3O4/c1-3-28-32-12-16-34(28)14-5-17-37-26-9-6-22(18-27(26)36-2)20-33-13-4-10-29(35,11-15-33)21-38-23-7-8-24(30)25(31)19-23/h6-9,12,16,18-19,35H,3-5,10-11,13-15,17,20-21H2,1-2H3/t29-/m0/s1. The number of imidazole rings is 1. The first-order valence-corrected chi connectivity index (χ1v) is 14.0. The van der Waals surface area contributed by atoms with Gasteiger partial charge in [0.1, 0.15) is 18.2 Å². The van der Waals surface area contributed by atoms with E-state index in [0.29, 0.717) is 35.2 Å². The second-order valence-electron chi connectivity index (χ2n) is 9.80. The van der Waals surface area contributed by atoms with Gasteiger partial charge in [0.05, 0.1) is 29.4 Å². The van der Waals surface area contributed by atoms with Gasteiger partial charge in [0, 0.05) is 44.5 Å². The van der Waals surface area contributed by atoms with Gasteiger partial charge < -0.3 is 23.9 Å². The number of aliphatic hydroxyl groups is 1. The number of halogens is 2. The minimum absolute atomic E-state index is 0.221. The van der Waals surface area contributed by atoms with Crippen LogP contribution in [0.1, 0.15) is 44.0 Å². The molecule has 9 heteroatoms. The molecule has 206 valence electrons. The van der Waals surface area contributed by atoms with Crippen molar-refractivity contribution in [1.29, 1.82) is 0 Å². The first-order valence-electron chi connectivity index (χ1n) is 13.2. The number of rotatable bonds is 12. The molecule has 1 atom stereocenters. The molecule has 0 bridgehead atoms. The number of methoxy groups -OCH3 is 1. The van der Waals surface area contributed by atoms with Crippen molar-refractivity contribution < 1.29 is 19.3 Å². The number of ether oxygens (including phenoxy) is 3. The quantitative estimate of drug-likeness (QED) is 0.272. The number of hydrogen-bond donors (Lipinski definition) is 1. The second kappa shape index (κ2) is 13.6. The molecule has 0 radical (unpaired) electrons. The molecule has 0 unspecified atom stereocenters. The van der Waals surface area contributed by atoms with Gasteiger partial charge in [-0.2, -0.15) is 0 Å². The second-order valence-corrected chi connectivity index (χ2v) is 10.6. The number of benzene rings is 2. The van der Waals surface area contributed by atoms with Crippen molar-refractivity contribution in [2.45, 2.75) is 57.7 Å². The molecule has 2 heterocycles. The van der Waals surface area contributed by atoms with Gasteiger partial charge in [-0.25, -0.2) is 4.98 Å². The molecule has 0 amide bonds. The molecule has 0 spiro atoms. The Hall–Kier alpha value is -2.45. The molecule has 0 aliphatic carbocycles. The number of nitrogens with zero attached hydrogens (tertiary/aromatic N) is 3. The SMILES string of the molecule is CCc1nccn1CCCOc1ccc(CN2CCC[C@@](O)(COc3ccc(Cl)c(Cl)c3)CC2)cc1OC. The smallest absolute Gasteiger partial charge is 0.161 e. The zero-order valence-electron chi connectivity index (χ0n) is 22.2. The first kappa shape index (κ1) is 28.6. The summed E-state index contributed by atoms with van der Waals surface area (Å²) in [6.07, 6.45) is 7.86. The van der Waals surface area contributed by atoms with Crippen LogP contribution in [0.2, 0.25) is 10.0 Å². The lowest BCUT2D eigenvalue weighted by atomic mass is 9.96. The van der Waals surface area contributed by atoms with Crippen LogP contribution in [0.5, 0.6) is 17.2 Å². The van der Waals surface area contributed by atoms with Crippen molar-refractivity contribution in [2.24, 2.45) is 0 Å². The van der Waals surface area contributed by atoms with E-state index >= 15 is 0 Å². The lowest BCUT2D eigenvalue weighted by Crippen LogP contribution is -2.37. The van der Waals surface area contributed by atoms with Crippen LogP contribution in [0.4, 0.5) is 0 Å². The molecule has 0 saturated carbocycles. The van der Waals surface area contributed by atoms with Crippen molar-refractivity contribution in [1.82, 2.24) is 14.5 Å². The van der Waals surface area contributed by atoms with Gasteiger partial charge in [0.25, 0.3) is 0 Å². The number of aromatic nitrogens is 2. The van der Waals surface area contributed by atoms with E-state index in [4.69, 9.17) is 37.4 Å². The highest BCUT2D eigenvalue weighted by molar-refractivity contribution is 6.42. The van der Waals surface area contributed by atoms with E-state index in [0.717, 1.165) is 68.3 Å². The van der Waals surface area contributed by atoms with E-state index in [-0.39, 0.29) is 6.61 Å². The summed E-state index contributed by atoms with van der Waals surface area (Å²) in [6, 6.07) is 11.3. The highest BCUT2D eigenvalue weighted by Crippen LogP contribution is 2.31. The lowest BCUT2D eigenvalue weighted by Gasteiger charge is -2.27. The van der Waals surface area contributed by atoms with E-state index in [1.807, 2.05) is 24.5 Å². The van der Waals surface area contributed by atoms with E-state index in [2.05, 4.69) is 27.4 Å². The lowest BCUT2D eigenvalue weighted by molar-refractivity contribution is -0.0168. The Morgan fingerprint density at radius 1 is 1.03 bits per heavy atom. The highest BCUT2D eigenvalue weighted by Gasteiger charge is 2.31. The molecular formula is C29H37Cl2N3O4. The Labute approximate surface area is 235 Å². The Balaban J connectivity index is 1.26. The average Bonchev–Trinajstić information content (AvgIpc) is 3.30. The summed E-state index contributed by atoms with van der Waals surface area (Å²) in [5.74, 6) is 3.19. The summed E-state index contributed by atoms with van der Waals surface area (Å²) in [4.78, 5) is 6.73. The van der Waals surface area contributed by atoms with Gasteiger partial charge >= 0.3 is 0 Å². The molecule has 3 aromatic rings. The van der Waals surface area contributed by atoms with Gasteiger partial charge in [-0.1, -0.05) is 36.2 Å². The first-order chi connectivity index (χ1) is 18.4. The van der Waals surface area contributed by atoms with Crippen LogP contribution in [-0.4, -0.2) is 58.6 Å². The maximum absolute atomic E-state index is 11.2. The Kier molecular flexibility index (Phi) is 10.2. The minimum atomic E-state index is -0.884. The van der Waals surface area contributed by atoms with Crippen LogP contribution in [0, 0.1) is 0 Å². The van der Waals surface area contributed by atoms with Crippen molar-refractivity contribution in [2.75, 3.05) is 33.4 Å². The van der Waals surface area contributed by atoms with Crippen molar-refractivity contribution in [3.05, 3.63) is 70.2 Å². The molecular weight excluding hydrogens is 525 g/mol. The van der Waals surface area contributed by atoms with Gasteiger partial charge in [-0.3, -0.25) is 4.90 Å². The Morgan fingerprint density at radius 2 is 1.89 bits per heavy atom. The van der Waals surface area contributed by atoms with Crippen LogP contribution >= 0.6 is 23.2 Å². The molecule has 38 heavy (non-hydrogen) atoms. The Bertz CT molecular complexity index is 1190. The fraction of sp³-hybridized carbons (Fsp3) is 0.483. The van der Waals surface area contributed by atoms with Gasteiger partial charge in [0.2, 0.25) is 0 Å². The topological polar surface area (TPSA) is 69.0 Å². The van der Waals surface area contributed by atoms with Crippen molar-refractivity contribution in [3.8, 4) is 17.2 Å². The van der Waals surface area contributed by atoms with E-state index in [1.54, 1.807) is 25.3 Å². The summed E-state index contributed by atoms with van der Waals surface area (Å²) in [5, 5.41) is 12.1. The maximum Gasteiger partial charge on any atom is 0.161 e. The van der Waals surface area contributed by atoms with E-state index < -0.39 is 5.60 Å². The molecule has 7 nitrogen and oxygen atoms in total. The summed E-state index contributed by atoms with van der Waals surface area (Å²) in [7, 11) is 1.67. The van der Waals surface area contributed by atoms with Gasteiger partial charge in [-0.05, 0) is 62.1 Å². The summed E-state index contributed by atoms with van der Waals surface area (Å²) in [5.41, 5.74) is 0.267. The molecule has 1 fully saturated rings. The van der Waals surface area contributed by atoms with Crippen LogP contribution in [0.15, 0.2) is 48.8 Å². The highest BCUT2D eigenvalue weighted by atomic mass is 35.5. The Morgan fingerprint density at radius 3 is 2.68 bits per heavy atom. The fourth-order valence-corrected chi connectivity index (χ4v) is 5.07. The molecule has 1 aliphatic heterocycles. The predicted molar refractivity (Wildman–Crippen MR) is 151 cm³/mol. The zero-order valence-corrected chi connectivity index (χ0v) is 23.7. The largest absolute Gasteiger partial charge is 0.493 e. The van der Waals surface area contributed by atoms with Gasteiger partial charge in [0.15, 0.2) is 11.5 Å². The summed E-state index contributed by atoms with van der Waals surface area (Å²) < 4.78 is 19.7. The van der Waals surface area contributed by atoms with E-state index in [1.165, 1.54) is 0 Å². The van der Waals surface area contributed by atoms with Crippen LogP contribution < -0.4 is 14.2 Å². The van der Waals surface area contributed by atoms with Crippen LogP contribution in [0.3, 0.4) is 0 Å². The summed E-state index contributed by atoms with van der Waals surface area (Å²) >= 11 is 12.1. The third kappa shape index (κ3) is 7.79. The average molecular weight is 563 g/mol. The third-order valence-corrected chi connectivity index (χ3v) is 7.70. The van der Waals surface area contributed by atoms with Crippen molar-refractivity contribution >= 4 is 23.2 Å². The molecule has 4 rings (SSSR count). The minimum Gasteiger partial charge on any atom is -0.493 e. The monoisotopic (exact) mass is 561 g/mol. The van der Waals surface area contributed by atoms with E-state index in [9.17, 15) is 5.11 Å². The number of aryl methyl sites for hydroxylation is 2. The molecule has 2 aromatic carbocycles. The summed E-state index contributed by atoms with van der Waals surface area (Å²) in [6.45, 7) is 6.27. The number of hydrogen-bond acceptors (Lipinski definition) is 6. The molecule has 1 aliphatic rings. The van der Waals surface area contributed by atoms with Crippen LogP contribution in [0.25, 0.3) is 0 Å². The fourth-order valence-electron chi connectivity index (χ4n) is 4.78. The van der Waals surface area contributed by atoms with Crippen LogP contribution in [-0.2, 0) is 19.5 Å². The molecule has 1 N–H and O–H groups in total. The van der Waals surface area contributed by atoms with Crippen molar-refractivity contribution in [3.63, 3.8) is 0 Å². The number of likely N-dealkylation sites (tertiary alicyclic amines) is 1. The third-order valence-electron chi connectivity index (χ3n) is 6.96. The maximum atomic E-state index is 11.2. The predicted octanol–water partition coefficient (Wildman–Crippen LogP) is 6.03. The molecule has 1 aromatic heterocycles.